The molecule has 1 N–H and O–H groups in total. The summed E-state index contributed by atoms with van der Waals surface area (Å²) in [6.45, 7) is 0. The van der Waals surface area contributed by atoms with Crippen LogP contribution in [0.4, 0.5) is 0 Å². The summed E-state index contributed by atoms with van der Waals surface area (Å²) in [5.41, 5.74) is 0. The monoisotopic (exact) mass is 125 g/mol. The highest BCUT2D eigenvalue weighted by molar-refractivity contribution is 4.86. The van der Waals surface area contributed by atoms with E-state index in [0.717, 1.165) is 0 Å². The zero-order valence-electron chi connectivity index (χ0n) is 4.42. The van der Waals surface area contributed by atoms with Crippen LogP contribution in [0.2, 0.25) is 0 Å². The molecule has 5 heteroatoms. The van der Waals surface area contributed by atoms with Crippen LogP contribution in [0.5, 0.6) is 0 Å². The Bertz CT molecular complexity index is 278. The van der Waals surface area contributed by atoms with Gasteiger partial charge in [-0.1, -0.05) is 0 Å². The molecular weight excluding hydrogens is 122 g/mol. The number of hydrogen-bond acceptors (Lipinski definition) is 4. The number of rotatable bonds is 1. The van der Waals surface area contributed by atoms with Crippen LogP contribution in [0.3, 0.4) is 0 Å². The van der Waals surface area contributed by atoms with Gasteiger partial charge >= 0.3 is 5.76 Å². The lowest BCUT2D eigenvalue weighted by atomic mass is 10.5. The highest BCUT2D eigenvalue weighted by Gasteiger charge is 1.96. The third-order valence-corrected chi connectivity index (χ3v) is 0.713. The number of aromatic amines is 1. The Kier molecular flexibility index (Phi) is 1.32. The first-order valence-corrected chi connectivity index (χ1v) is 2.24. The van der Waals surface area contributed by atoms with Crippen molar-refractivity contribution in [3.63, 3.8) is 0 Å². The van der Waals surface area contributed by atoms with Crippen molar-refractivity contribution in [3.8, 4) is 6.07 Å². The SMILES string of the molecule is N#CCc1n[nH]c(=O)o1. The Hall–Kier alpha value is -1.57. The molecule has 0 aliphatic heterocycles. The molecule has 0 aliphatic carbocycles. The lowest BCUT2D eigenvalue weighted by Crippen LogP contribution is -1.93. The van der Waals surface area contributed by atoms with Gasteiger partial charge in [0.25, 0.3) is 0 Å². The fraction of sp³-hybridized carbons (Fsp3) is 0.250. The van der Waals surface area contributed by atoms with Gasteiger partial charge < -0.3 is 4.42 Å². The molecule has 0 saturated carbocycles. The second kappa shape index (κ2) is 2.13. The third kappa shape index (κ3) is 1.16. The van der Waals surface area contributed by atoms with Crippen molar-refractivity contribution in [2.75, 3.05) is 0 Å². The van der Waals surface area contributed by atoms with Gasteiger partial charge in [0.05, 0.1) is 6.07 Å². The molecule has 9 heavy (non-hydrogen) atoms. The summed E-state index contributed by atoms with van der Waals surface area (Å²) in [7, 11) is 0. The molecule has 0 amide bonds. The van der Waals surface area contributed by atoms with Gasteiger partial charge in [0.15, 0.2) is 0 Å². The zero-order chi connectivity index (χ0) is 6.69. The summed E-state index contributed by atoms with van der Waals surface area (Å²) in [5, 5.41) is 13.5. The minimum absolute atomic E-state index is 0.0265. The fourth-order valence-electron chi connectivity index (χ4n) is 0.404. The average molecular weight is 125 g/mol. The lowest BCUT2D eigenvalue weighted by Gasteiger charge is -1.72. The maximum atomic E-state index is 10.2. The Morgan fingerprint density at radius 3 is 3.11 bits per heavy atom. The molecule has 1 heterocycles. The molecule has 0 radical (unpaired) electrons. The highest BCUT2D eigenvalue weighted by Crippen LogP contribution is 1.85. The van der Waals surface area contributed by atoms with E-state index in [1.54, 1.807) is 6.07 Å². The van der Waals surface area contributed by atoms with Crippen molar-refractivity contribution >= 4 is 0 Å². The zero-order valence-corrected chi connectivity index (χ0v) is 4.42. The number of nitrogens with zero attached hydrogens (tertiary/aromatic N) is 2. The summed E-state index contributed by atoms with van der Waals surface area (Å²) in [6.07, 6.45) is 0.0265. The topological polar surface area (TPSA) is 82.7 Å². The molecule has 5 nitrogen and oxygen atoms in total. The second-order valence-electron chi connectivity index (χ2n) is 1.34. The molecule has 0 fully saturated rings. The first-order chi connectivity index (χ1) is 4.33. The Morgan fingerprint density at radius 1 is 1.89 bits per heavy atom. The minimum Gasteiger partial charge on any atom is -0.391 e. The van der Waals surface area contributed by atoms with E-state index in [1.807, 2.05) is 5.10 Å². The molecule has 0 aromatic carbocycles. The summed E-state index contributed by atoms with van der Waals surface area (Å²) >= 11 is 0. The van der Waals surface area contributed by atoms with E-state index in [4.69, 9.17) is 5.26 Å². The van der Waals surface area contributed by atoms with Gasteiger partial charge in [0.2, 0.25) is 5.89 Å². The number of nitriles is 1. The summed E-state index contributed by atoms with van der Waals surface area (Å²) in [5.74, 6) is -0.497. The lowest BCUT2D eigenvalue weighted by molar-refractivity contribution is 0.474. The molecule has 0 bridgehead atoms. The summed E-state index contributed by atoms with van der Waals surface area (Å²) < 4.78 is 4.38. The maximum absolute atomic E-state index is 10.2. The van der Waals surface area contributed by atoms with E-state index in [9.17, 15) is 4.79 Å². The molecule has 1 rings (SSSR count). The van der Waals surface area contributed by atoms with Crippen LogP contribution in [-0.4, -0.2) is 10.2 Å². The van der Waals surface area contributed by atoms with Gasteiger partial charge in [0, 0.05) is 0 Å². The third-order valence-electron chi connectivity index (χ3n) is 0.713. The summed E-state index contributed by atoms with van der Waals surface area (Å²) in [4.78, 5) is 10.2. The van der Waals surface area contributed by atoms with E-state index in [0.29, 0.717) is 0 Å². The number of hydrogen-bond donors (Lipinski definition) is 1. The molecule has 46 valence electrons. The van der Waals surface area contributed by atoms with Crippen molar-refractivity contribution in [2.45, 2.75) is 6.42 Å². The van der Waals surface area contributed by atoms with Gasteiger partial charge in [-0.15, -0.1) is 5.10 Å². The first-order valence-electron chi connectivity index (χ1n) is 2.24. The molecule has 0 unspecified atom stereocenters. The van der Waals surface area contributed by atoms with Crippen LogP contribution in [0.25, 0.3) is 0 Å². The van der Waals surface area contributed by atoms with Gasteiger partial charge in [-0.3, -0.25) is 0 Å². The van der Waals surface area contributed by atoms with Crippen molar-refractivity contribution in [1.82, 2.24) is 10.2 Å². The predicted octanol–water partition coefficient (Wildman–Crippen LogP) is -0.571. The number of H-pyrrole nitrogens is 1. The van der Waals surface area contributed by atoms with Crippen molar-refractivity contribution in [2.24, 2.45) is 0 Å². The highest BCUT2D eigenvalue weighted by atomic mass is 16.4. The smallest absolute Gasteiger partial charge is 0.391 e. The van der Waals surface area contributed by atoms with Crippen LogP contribution in [0.1, 0.15) is 5.89 Å². The molecule has 1 aromatic heterocycles. The van der Waals surface area contributed by atoms with E-state index < -0.39 is 5.76 Å². The van der Waals surface area contributed by atoms with Crippen molar-refractivity contribution in [1.29, 1.82) is 5.26 Å². The van der Waals surface area contributed by atoms with E-state index in [-0.39, 0.29) is 12.3 Å². The Morgan fingerprint density at radius 2 is 2.67 bits per heavy atom. The van der Waals surface area contributed by atoms with Gasteiger partial charge in [-0.2, -0.15) is 5.26 Å². The molecular formula is C4H3N3O2. The van der Waals surface area contributed by atoms with Gasteiger partial charge in [-0.25, -0.2) is 9.89 Å². The van der Waals surface area contributed by atoms with Crippen LogP contribution in [0, 0.1) is 11.3 Å². The van der Waals surface area contributed by atoms with Crippen molar-refractivity contribution in [3.05, 3.63) is 16.4 Å². The fourth-order valence-corrected chi connectivity index (χ4v) is 0.404. The predicted molar refractivity (Wildman–Crippen MR) is 26.4 cm³/mol. The Balaban J connectivity index is 2.88. The van der Waals surface area contributed by atoms with E-state index in [2.05, 4.69) is 9.52 Å². The molecule has 0 aliphatic rings. The van der Waals surface area contributed by atoms with Crippen LogP contribution < -0.4 is 5.76 Å². The van der Waals surface area contributed by atoms with Crippen LogP contribution in [0.15, 0.2) is 9.21 Å². The normalized spacial score (nSPS) is 8.78. The molecule has 0 spiro atoms. The molecule has 0 atom stereocenters. The van der Waals surface area contributed by atoms with E-state index >= 15 is 0 Å². The molecule has 0 saturated heterocycles. The quantitative estimate of drug-likeness (QED) is 0.544. The maximum Gasteiger partial charge on any atom is 0.434 e. The second-order valence-corrected chi connectivity index (χ2v) is 1.34. The van der Waals surface area contributed by atoms with E-state index in [1.165, 1.54) is 0 Å². The van der Waals surface area contributed by atoms with Crippen LogP contribution in [-0.2, 0) is 6.42 Å². The largest absolute Gasteiger partial charge is 0.434 e. The van der Waals surface area contributed by atoms with Gasteiger partial charge in [-0.05, 0) is 0 Å². The first kappa shape index (κ1) is 5.56. The van der Waals surface area contributed by atoms with Gasteiger partial charge in [0.1, 0.15) is 6.42 Å². The molecule has 1 aromatic rings. The number of aromatic nitrogens is 2. The standard InChI is InChI=1S/C4H3N3O2/c5-2-1-3-6-7-4(8)9-3/h1H2,(H,7,8). The minimum atomic E-state index is -0.625. The van der Waals surface area contributed by atoms with Crippen molar-refractivity contribution < 1.29 is 4.42 Å². The Labute approximate surface area is 49.9 Å². The van der Waals surface area contributed by atoms with Crippen LogP contribution >= 0.6 is 0 Å². The number of nitrogens with one attached hydrogen (secondary N) is 1. The summed E-state index contributed by atoms with van der Waals surface area (Å²) in [6, 6.07) is 1.78. The average Bonchev–Trinajstić information content (AvgIpc) is 2.17.